The van der Waals surface area contributed by atoms with Gasteiger partial charge in [-0.15, -0.1) is 0 Å². The predicted octanol–water partition coefficient (Wildman–Crippen LogP) is 6.09. The van der Waals surface area contributed by atoms with Crippen molar-refractivity contribution in [2.45, 2.75) is 38.1 Å². The maximum atomic E-state index is 14.1. The van der Waals surface area contributed by atoms with E-state index >= 15 is 0 Å². The zero-order valence-corrected chi connectivity index (χ0v) is 14.8. The van der Waals surface area contributed by atoms with Gasteiger partial charge in [-0.1, -0.05) is 30.9 Å². The molecule has 0 atom stereocenters. The third kappa shape index (κ3) is 2.60. The van der Waals surface area contributed by atoms with E-state index in [2.05, 4.69) is 36.9 Å². The van der Waals surface area contributed by atoms with Crippen LogP contribution in [0, 0.1) is 5.82 Å². The molecule has 2 aromatic heterocycles. The maximum absolute atomic E-state index is 14.1. The van der Waals surface area contributed by atoms with Gasteiger partial charge in [0.2, 0.25) is 0 Å². The molecule has 1 N–H and O–H groups in total. The van der Waals surface area contributed by atoms with Crippen LogP contribution in [0.25, 0.3) is 22.0 Å². The molecule has 4 rings (SSSR count). The molecule has 0 amide bonds. The van der Waals surface area contributed by atoms with Gasteiger partial charge < -0.3 is 4.57 Å². The minimum absolute atomic E-state index is 0.238. The third-order valence-electron chi connectivity index (χ3n) is 4.73. The van der Waals surface area contributed by atoms with Crippen molar-refractivity contribution in [2.75, 3.05) is 0 Å². The van der Waals surface area contributed by atoms with Crippen molar-refractivity contribution >= 4 is 38.4 Å². The van der Waals surface area contributed by atoms with E-state index in [0.717, 1.165) is 34.9 Å². The van der Waals surface area contributed by atoms with Crippen LogP contribution < -0.4 is 0 Å². The van der Waals surface area contributed by atoms with Gasteiger partial charge in [0.15, 0.2) is 0 Å². The molecule has 0 aliphatic heterocycles. The zero-order chi connectivity index (χ0) is 16.0. The number of benzene rings is 1. The molecule has 1 saturated carbocycles. The molecule has 1 aromatic carbocycles. The van der Waals surface area contributed by atoms with Crippen LogP contribution in [-0.2, 0) is 0 Å². The third-order valence-corrected chi connectivity index (χ3v) is 5.62. The van der Waals surface area contributed by atoms with Gasteiger partial charge in [-0.25, -0.2) is 4.39 Å². The fraction of sp³-hybridized carbons (Fsp3) is 0.353. The van der Waals surface area contributed by atoms with E-state index < -0.39 is 0 Å². The summed E-state index contributed by atoms with van der Waals surface area (Å²) in [6, 6.07) is 3.88. The summed E-state index contributed by atoms with van der Waals surface area (Å²) < 4.78 is 16.8. The molecule has 23 heavy (non-hydrogen) atoms. The quantitative estimate of drug-likeness (QED) is 0.558. The average molecular weight is 397 g/mol. The monoisotopic (exact) mass is 395 g/mol. The number of H-pyrrole nitrogens is 1. The molecule has 6 heteroatoms. The second-order valence-corrected chi connectivity index (χ2v) is 7.36. The normalized spacial score (nSPS) is 16.3. The van der Waals surface area contributed by atoms with Gasteiger partial charge >= 0.3 is 0 Å². The maximum Gasteiger partial charge on any atom is 0.139 e. The van der Waals surface area contributed by atoms with Gasteiger partial charge in [-0.2, -0.15) is 5.10 Å². The Morgan fingerprint density at radius 3 is 2.70 bits per heavy atom. The van der Waals surface area contributed by atoms with Crippen molar-refractivity contribution in [2.24, 2.45) is 0 Å². The minimum atomic E-state index is -0.238. The van der Waals surface area contributed by atoms with E-state index in [0.29, 0.717) is 15.7 Å². The zero-order valence-electron chi connectivity index (χ0n) is 12.5. The number of aromatic nitrogens is 3. The Morgan fingerprint density at radius 2 is 2.00 bits per heavy atom. The van der Waals surface area contributed by atoms with E-state index in [-0.39, 0.29) is 5.82 Å². The second-order valence-electron chi connectivity index (χ2n) is 6.12. The Labute approximate surface area is 147 Å². The van der Waals surface area contributed by atoms with Crippen LogP contribution in [0.2, 0.25) is 5.15 Å². The highest BCUT2D eigenvalue weighted by Gasteiger charge is 2.22. The Kier molecular flexibility index (Phi) is 3.93. The fourth-order valence-electron chi connectivity index (χ4n) is 3.58. The summed E-state index contributed by atoms with van der Waals surface area (Å²) in [5.74, 6) is -0.238. The number of halogens is 3. The molecule has 3 aromatic rings. The van der Waals surface area contributed by atoms with Crippen molar-refractivity contribution in [1.82, 2.24) is 14.8 Å². The van der Waals surface area contributed by atoms with Gasteiger partial charge in [0.1, 0.15) is 11.0 Å². The molecule has 0 bridgehead atoms. The van der Waals surface area contributed by atoms with Crippen LogP contribution >= 0.6 is 27.5 Å². The highest BCUT2D eigenvalue weighted by atomic mass is 79.9. The van der Waals surface area contributed by atoms with Gasteiger partial charge in [0, 0.05) is 28.8 Å². The number of fused-ring (bicyclic) bond motifs is 1. The predicted molar refractivity (Wildman–Crippen MR) is 94.3 cm³/mol. The van der Waals surface area contributed by atoms with Crippen molar-refractivity contribution < 1.29 is 4.39 Å². The fourth-order valence-corrected chi connectivity index (χ4v) is 4.12. The average Bonchev–Trinajstić information content (AvgIpc) is 3.12. The molecule has 3 nitrogen and oxygen atoms in total. The number of aromatic amines is 1. The Balaban J connectivity index is 1.96. The summed E-state index contributed by atoms with van der Waals surface area (Å²) >= 11 is 9.52. The highest BCUT2D eigenvalue weighted by Crippen LogP contribution is 2.40. The highest BCUT2D eigenvalue weighted by molar-refractivity contribution is 9.10. The smallest absolute Gasteiger partial charge is 0.139 e. The topological polar surface area (TPSA) is 33.6 Å². The molecule has 0 radical (unpaired) electrons. The first-order chi connectivity index (χ1) is 11.1. The number of nitrogens with zero attached hydrogens (tertiary/aromatic N) is 2. The lowest BCUT2D eigenvalue weighted by Crippen LogP contribution is -2.11. The van der Waals surface area contributed by atoms with Crippen LogP contribution in [0.5, 0.6) is 0 Å². The summed E-state index contributed by atoms with van der Waals surface area (Å²) in [4.78, 5) is 0. The first-order valence-electron chi connectivity index (χ1n) is 7.84. The number of hydrogen-bond acceptors (Lipinski definition) is 1. The lowest BCUT2D eigenvalue weighted by Gasteiger charge is -2.24. The van der Waals surface area contributed by atoms with Crippen molar-refractivity contribution in [3.63, 3.8) is 0 Å². The molecular formula is C17H16BrClFN3. The lowest BCUT2D eigenvalue weighted by molar-refractivity contribution is 0.361. The summed E-state index contributed by atoms with van der Waals surface area (Å²) in [6.07, 6.45) is 9.84. The van der Waals surface area contributed by atoms with Gasteiger partial charge in [0.25, 0.3) is 0 Å². The summed E-state index contributed by atoms with van der Waals surface area (Å²) in [5.41, 5.74) is 2.76. The molecule has 0 saturated heterocycles. The van der Waals surface area contributed by atoms with Crippen molar-refractivity contribution in [3.8, 4) is 11.1 Å². The molecule has 120 valence electrons. The Hall–Kier alpha value is -1.33. The molecule has 2 heterocycles. The van der Waals surface area contributed by atoms with E-state index in [1.54, 1.807) is 12.3 Å². The molecular weight excluding hydrogens is 381 g/mol. The van der Waals surface area contributed by atoms with E-state index in [9.17, 15) is 4.39 Å². The minimum Gasteiger partial charge on any atom is -0.344 e. The van der Waals surface area contributed by atoms with Crippen LogP contribution in [0.4, 0.5) is 4.39 Å². The molecule has 1 aliphatic rings. The lowest BCUT2D eigenvalue weighted by atomic mass is 9.95. The van der Waals surface area contributed by atoms with Gasteiger partial charge in [0.05, 0.1) is 16.2 Å². The molecule has 0 spiro atoms. The van der Waals surface area contributed by atoms with Gasteiger partial charge in [-0.05, 0) is 40.9 Å². The molecule has 0 unspecified atom stereocenters. The Morgan fingerprint density at radius 1 is 1.22 bits per heavy atom. The standard InChI is InChI=1S/C17H16BrClFN3/c18-14-6-11-13(12-8-21-22-17(12)19)9-23(16(11)7-15(14)20)10-4-2-1-3-5-10/h6-10H,1-5H2,(H,21,22). The van der Waals surface area contributed by atoms with E-state index in [4.69, 9.17) is 11.6 Å². The summed E-state index contributed by atoms with van der Waals surface area (Å²) in [5, 5.41) is 8.28. The number of hydrogen-bond donors (Lipinski definition) is 1. The Bertz CT molecular complexity index is 864. The van der Waals surface area contributed by atoms with Crippen molar-refractivity contribution in [1.29, 1.82) is 0 Å². The van der Waals surface area contributed by atoms with Crippen LogP contribution in [0.3, 0.4) is 0 Å². The van der Waals surface area contributed by atoms with Gasteiger partial charge in [-0.3, -0.25) is 5.10 Å². The SMILES string of the molecule is Fc1cc2c(cc1Br)c(-c1cn[nH]c1Cl)cn2C1CCCCC1. The molecule has 1 fully saturated rings. The first kappa shape index (κ1) is 15.2. The molecule has 1 aliphatic carbocycles. The van der Waals surface area contributed by atoms with E-state index in [1.165, 1.54) is 19.3 Å². The van der Waals surface area contributed by atoms with Crippen LogP contribution in [0.15, 0.2) is 29.0 Å². The largest absolute Gasteiger partial charge is 0.344 e. The van der Waals surface area contributed by atoms with Crippen molar-refractivity contribution in [3.05, 3.63) is 40.0 Å². The first-order valence-corrected chi connectivity index (χ1v) is 9.01. The second kappa shape index (κ2) is 5.95. The summed E-state index contributed by atoms with van der Waals surface area (Å²) in [6.45, 7) is 0. The van der Waals surface area contributed by atoms with E-state index in [1.807, 2.05) is 6.07 Å². The van der Waals surface area contributed by atoms with Crippen LogP contribution in [-0.4, -0.2) is 14.8 Å². The van der Waals surface area contributed by atoms with Crippen LogP contribution in [0.1, 0.15) is 38.1 Å². The summed E-state index contributed by atoms with van der Waals surface area (Å²) in [7, 11) is 0. The number of rotatable bonds is 2. The number of nitrogens with one attached hydrogen (secondary N) is 1.